The quantitative estimate of drug-likeness (QED) is 0.866. The van der Waals surface area contributed by atoms with Crippen LogP contribution < -0.4 is 5.32 Å². The van der Waals surface area contributed by atoms with Gasteiger partial charge >= 0.3 is 0 Å². The molecule has 2 nitrogen and oxygen atoms in total. The zero-order valence-corrected chi connectivity index (χ0v) is 12.7. The van der Waals surface area contributed by atoms with Gasteiger partial charge in [0.1, 0.15) is 5.76 Å². The van der Waals surface area contributed by atoms with Crippen molar-refractivity contribution in [2.75, 3.05) is 12.3 Å². The first-order chi connectivity index (χ1) is 9.83. The number of thioether (sulfide) groups is 1. The molecule has 1 aliphatic rings. The smallest absolute Gasteiger partial charge is 0.103 e. The normalized spacial score (nSPS) is 18.9. The number of rotatable bonds is 6. The fraction of sp³-hybridized carbons (Fsp3) is 0.412. The molecule has 0 bridgehead atoms. The molecule has 1 N–H and O–H groups in total. The predicted molar refractivity (Wildman–Crippen MR) is 84.4 cm³/mol. The van der Waals surface area contributed by atoms with Crippen LogP contribution in [0, 0.1) is 0 Å². The molecule has 2 aromatic rings. The van der Waals surface area contributed by atoms with E-state index in [1.165, 1.54) is 16.2 Å². The third kappa shape index (κ3) is 3.28. The molecule has 106 valence electrons. The standard InChI is InChI=1S/C17H21NOS/c1-13(8-9-15-5-4-10-19-15)18-11-14-12-20-17-7-3-2-6-16(14)17/h2-7,10,13-14,18H,8-9,11-12H2,1H3. The van der Waals surface area contributed by atoms with Crippen LogP contribution in [0.25, 0.3) is 0 Å². The lowest BCUT2D eigenvalue weighted by molar-refractivity contribution is 0.453. The molecule has 0 saturated carbocycles. The van der Waals surface area contributed by atoms with Crippen LogP contribution in [0.4, 0.5) is 0 Å². The topological polar surface area (TPSA) is 25.2 Å². The van der Waals surface area contributed by atoms with E-state index in [2.05, 4.69) is 42.6 Å². The van der Waals surface area contributed by atoms with Crippen LogP contribution in [-0.2, 0) is 6.42 Å². The first-order valence-electron chi connectivity index (χ1n) is 7.30. The SMILES string of the molecule is CC(CCc1ccco1)NCC1CSc2ccccc21. The largest absolute Gasteiger partial charge is 0.469 e. The van der Waals surface area contributed by atoms with E-state index in [-0.39, 0.29) is 0 Å². The van der Waals surface area contributed by atoms with Gasteiger partial charge < -0.3 is 9.73 Å². The average Bonchev–Trinajstić information content (AvgIpc) is 3.12. The fourth-order valence-corrected chi connectivity index (χ4v) is 3.91. The summed E-state index contributed by atoms with van der Waals surface area (Å²) in [6.07, 6.45) is 3.88. The molecule has 3 rings (SSSR count). The van der Waals surface area contributed by atoms with Gasteiger partial charge in [-0.05, 0) is 37.1 Å². The highest BCUT2D eigenvalue weighted by molar-refractivity contribution is 7.99. The zero-order chi connectivity index (χ0) is 13.8. The first-order valence-corrected chi connectivity index (χ1v) is 8.29. The Labute approximate surface area is 125 Å². The summed E-state index contributed by atoms with van der Waals surface area (Å²) < 4.78 is 5.38. The second-order valence-electron chi connectivity index (χ2n) is 5.47. The van der Waals surface area contributed by atoms with Crippen molar-refractivity contribution in [1.82, 2.24) is 5.32 Å². The van der Waals surface area contributed by atoms with Gasteiger partial charge in [-0.1, -0.05) is 18.2 Å². The number of furan rings is 1. The van der Waals surface area contributed by atoms with E-state index in [9.17, 15) is 0 Å². The Morgan fingerprint density at radius 2 is 2.20 bits per heavy atom. The molecule has 20 heavy (non-hydrogen) atoms. The van der Waals surface area contributed by atoms with Gasteiger partial charge in [0.05, 0.1) is 6.26 Å². The molecule has 2 heterocycles. The van der Waals surface area contributed by atoms with Crippen molar-refractivity contribution in [3.05, 3.63) is 54.0 Å². The van der Waals surface area contributed by atoms with E-state index in [1.54, 1.807) is 6.26 Å². The summed E-state index contributed by atoms with van der Waals surface area (Å²) in [4.78, 5) is 1.46. The van der Waals surface area contributed by atoms with Crippen molar-refractivity contribution in [1.29, 1.82) is 0 Å². The van der Waals surface area contributed by atoms with Gasteiger partial charge in [-0.2, -0.15) is 0 Å². The minimum absolute atomic E-state index is 0.526. The Morgan fingerprint density at radius 1 is 1.30 bits per heavy atom. The maximum absolute atomic E-state index is 5.38. The Hall–Kier alpha value is -1.19. The summed E-state index contributed by atoms with van der Waals surface area (Å²) in [6.45, 7) is 3.33. The first kappa shape index (κ1) is 13.8. The van der Waals surface area contributed by atoms with E-state index in [0.29, 0.717) is 12.0 Å². The van der Waals surface area contributed by atoms with Gasteiger partial charge in [0.25, 0.3) is 0 Å². The van der Waals surface area contributed by atoms with Crippen LogP contribution in [0.2, 0.25) is 0 Å². The van der Waals surface area contributed by atoms with Crippen molar-refractivity contribution in [3.63, 3.8) is 0 Å². The molecule has 0 fully saturated rings. The van der Waals surface area contributed by atoms with Gasteiger partial charge in [0, 0.05) is 35.6 Å². The lowest BCUT2D eigenvalue weighted by Gasteiger charge is -2.17. The summed E-state index contributed by atoms with van der Waals surface area (Å²) >= 11 is 1.98. The van der Waals surface area contributed by atoms with Gasteiger partial charge in [-0.15, -0.1) is 11.8 Å². The Balaban J connectivity index is 1.45. The summed E-state index contributed by atoms with van der Waals surface area (Å²) in [5.74, 6) is 2.94. The number of benzene rings is 1. The van der Waals surface area contributed by atoms with Crippen molar-refractivity contribution in [2.45, 2.75) is 36.6 Å². The highest BCUT2D eigenvalue weighted by atomic mass is 32.2. The van der Waals surface area contributed by atoms with Crippen LogP contribution in [0.5, 0.6) is 0 Å². The van der Waals surface area contributed by atoms with Gasteiger partial charge in [0.15, 0.2) is 0 Å². The van der Waals surface area contributed by atoms with Crippen molar-refractivity contribution in [3.8, 4) is 0 Å². The molecule has 0 radical (unpaired) electrons. The van der Waals surface area contributed by atoms with Crippen molar-refractivity contribution >= 4 is 11.8 Å². The summed E-state index contributed by atoms with van der Waals surface area (Å²) in [5.41, 5.74) is 1.52. The summed E-state index contributed by atoms with van der Waals surface area (Å²) in [5, 5.41) is 3.67. The molecule has 1 aromatic carbocycles. The maximum Gasteiger partial charge on any atom is 0.103 e. The summed E-state index contributed by atoms with van der Waals surface area (Å²) in [6, 6.07) is 13.3. The molecule has 1 aromatic heterocycles. The average molecular weight is 287 g/mol. The zero-order valence-electron chi connectivity index (χ0n) is 11.8. The Morgan fingerprint density at radius 3 is 3.05 bits per heavy atom. The second kappa shape index (κ2) is 6.51. The molecule has 2 unspecified atom stereocenters. The molecule has 0 spiro atoms. The minimum atomic E-state index is 0.526. The van der Waals surface area contributed by atoms with E-state index in [0.717, 1.165) is 25.1 Å². The molecular formula is C17H21NOS. The van der Waals surface area contributed by atoms with Crippen LogP contribution >= 0.6 is 11.8 Å². The van der Waals surface area contributed by atoms with Crippen molar-refractivity contribution < 1.29 is 4.42 Å². The van der Waals surface area contributed by atoms with Crippen LogP contribution in [0.1, 0.15) is 30.6 Å². The molecular weight excluding hydrogens is 266 g/mol. The lowest BCUT2D eigenvalue weighted by atomic mass is 10.0. The number of hydrogen-bond donors (Lipinski definition) is 1. The number of nitrogens with one attached hydrogen (secondary N) is 1. The van der Waals surface area contributed by atoms with E-state index in [4.69, 9.17) is 4.42 Å². The number of aryl methyl sites for hydroxylation is 1. The molecule has 0 aliphatic carbocycles. The molecule has 2 atom stereocenters. The molecule has 1 aliphatic heterocycles. The van der Waals surface area contributed by atoms with Gasteiger partial charge in [0.2, 0.25) is 0 Å². The monoisotopic (exact) mass is 287 g/mol. The lowest BCUT2D eigenvalue weighted by Crippen LogP contribution is -2.30. The maximum atomic E-state index is 5.38. The highest BCUT2D eigenvalue weighted by Crippen LogP contribution is 2.38. The van der Waals surface area contributed by atoms with Crippen molar-refractivity contribution in [2.24, 2.45) is 0 Å². The second-order valence-corrected chi connectivity index (χ2v) is 6.53. The molecule has 0 amide bonds. The molecule has 3 heteroatoms. The van der Waals surface area contributed by atoms with E-state index in [1.807, 2.05) is 17.8 Å². The third-order valence-electron chi connectivity index (χ3n) is 3.92. The molecule has 0 saturated heterocycles. The Kier molecular flexibility index (Phi) is 4.48. The fourth-order valence-electron chi connectivity index (χ4n) is 2.66. The van der Waals surface area contributed by atoms with Crippen LogP contribution in [0.3, 0.4) is 0 Å². The van der Waals surface area contributed by atoms with Gasteiger partial charge in [-0.25, -0.2) is 0 Å². The van der Waals surface area contributed by atoms with Gasteiger partial charge in [-0.3, -0.25) is 0 Å². The Bertz CT molecular complexity index is 538. The summed E-state index contributed by atoms with van der Waals surface area (Å²) in [7, 11) is 0. The van der Waals surface area contributed by atoms with E-state index < -0.39 is 0 Å². The highest BCUT2D eigenvalue weighted by Gasteiger charge is 2.22. The third-order valence-corrected chi connectivity index (χ3v) is 5.17. The number of fused-ring (bicyclic) bond motifs is 1. The van der Waals surface area contributed by atoms with E-state index >= 15 is 0 Å². The van der Waals surface area contributed by atoms with Crippen LogP contribution in [0.15, 0.2) is 52.0 Å². The number of hydrogen-bond acceptors (Lipinski definition) is 3. The predicted octanol–water partition coefficient (Wildman–Crippen LogP) is 4.08. The minimum Gasteiger partial charge on any atom is -0.469 e. The van der Waals surface area contributed by atoms with Crippen LogP contribution in [-0.4, -0.2) is 18.3 Å².